The van der Waals surface area contributed by atoms with Gasteiger partial charge in [0, 0.05) is 35.1 Å². The fourth-order valence-electron chi connectivity index (χ4n) is 1.61. The van der Waals surface area contributed by atoms with Gasteiger partial charge in [0.25, 0.3) is 0 Å². The second-order valence-electron chi connectivity index (χ2n) is 3.79. The van der Waals surface area contributed by atoms with Crippen molar-refractivity contribution in [1.82, 2.24) is 9.97 Å². The van der Waals surface area contributed by atoms with E-state index in [9.17, 15) is 0 Å². The minimum Gasteiger partial charge on any atom is -0.481 e. The molecule has 0 aromatic carbocycles. The van der Waals surface area contributed by atoms with Gasteiger partial charge in [-0.3, -0.25) is 0 Å². The third-order valence-electron chi connectivity index (χ3n) is 2.42. The number of hydrogen-bond donors (Lipinski definition) is 1. The Balaban J connectivity index is 1.91. The van der Waals surface area contributed by atoms with E-state index < -0.39 is 0 Å². The van der Waals surface area contributed by atoms with E-state index >= 15 is 0 Å². The zero-order valence-corrected chi connectivity index (χ0v) is 11.7. The summed E-state index contributed by atoms with van der Waals surface area (Å²) in [5, 5.41) is 4.04. The number of thioether (sulfide) groups is 2. The molecule has 1 atom stereocenters. The Morgan fingerprint density at radius 1 is 1.47 bits per heavy atom. The molecule has 0 spiro atoms. The van der Waals surface area contributed by atoms with E-state index in [1.165, 1.54) is 17.3 Å². The highest BCUT2D eigenvalue weighted by molar-refractivity contribution is 8.06. The van der Waals surface area contributed by atoms with Crippen molar-refractivity contribution < 1.29 is 4.74 Å². The quantitative estimate of drug-likeness (QED) is 0.904. The molecule has 1 aromatic heterocycles. The molecule has 6 heteroatoms. The highest BCUT2D eigenvalue weighted by atomic mass is 32.2. The number of ether oxygens (including phenoxy) is 1. The van der Waals surface area contributed by atoms with Crippen LogP contribution in [-0.4, -0.2) is 46.1 Å². The number of rotatable bonds is 4. The van der Waals surface area contributed by atoms with E-state index in [1.54, 1.807) is 7.11 Å². The highest BCUT2D eigenvalue weighted by Crippen LogP contribution is 2.24. The molecule has 0 saturated carbocycles. The van der Waals surface area contributed by atoms with Crippen LogP contribution in [-0.2, 0) is 0 Å². The van der Waals surface area contributed by atoms with Crippen molar-refractivity contribution in [3.8, 4) is 5.88 Å². The third-order valence-corrected chi connectivity index (χ3v) is 5.26. The first-order valence-corrected chi connectivity index (χ1v) is 7.81. The predicted molar refractivity (Wildman–Crippen MR) is 75.4 cm³/mol. The van der Waals surface area contributed by atoms with E-state index in [0.29, 0.717) is 11.1 Å². The number of methoxy groups -OCH3 is 1. The average molecular weight is 271 g/mol. The number of aryl methyl sites for hydroxylation is 1. The van der Waals surface area contributed by atoms with Crippen LogP contribution in [0.3, 0.4) is 0 Å². The molecule has 0 bridgehead atoms. The second kappa shape index (κ2) is 6.35. The summed E-state index contributed by atoms with van der Waals surface area (Å²) in [6.45, 7) is 2.83. The Labute approximate surface area is 110 Å². The van der Waals surface area contributed by atoms with Crippen molar-refractivity contribution in [3.63, 3.8) is 0 Å². The van der Waals surface area contributed by atoms with Crippen LogP contribution in [0.1, 0.15) is 5.82 Å². The Morgan fingerprint density at radius 3 is 3.06 bits per heavy atom. The molecule has 4 nitrogen and oxygen atoms in total. The van der Waals surface area contributed by atoms with Gasteiger partial charge in [-0.15, -0.1) is 0 Å². The van der Waals surface area contributed by atoms with E-state index in [-0.39, 0.29) is 0 Å². The van der Waals surface area contributed by atoms with Gasteiger partial charge in [-0.25, -0.2) is 4.98 Å². The van der Waals surface area contributed by atoms with Crippen molar-refractivity contribution in [3.05, 3.63) is 11.9 Å². The number of anilines is 1. The minimum absolute atomic E-state index is 0.616. The summed E-state index contributed by atoms with van der Waals surface area (Å²) in [6.07, 6.45) is 0. The molecule has 2 rings (SSSR count). The normalized spacial score (nSPS) is 20.0. The maximum atomic E-state index is 5.13. The van der Waals surface area contributed by atoms with Crippen LogP contribution in [0.25, 0.3) is 0 Å². The Morgan fingerprint density at radius 2 is 2.35 bits per heavy atom. The van der Waals surface area contributed by atoms with Gasteiger partial charge in [0.15, 0.2) is 0 Å². The first kappa shape index (κ1) is 12.8. The maximum absolute atomic E-state index is 5.13. The molecule has 94 valence electrons. The summed E-state index contributed by atoms with van der Waals surface area (Å²) in [4.78, 5) is 8.51. The standard InChI is InChI=1S/C11H17N3OS2/c1-8-13-10(5-11(14-8)15-2)12-6-9-7-16-3-4-17-9/h5,9H,3-4,6-7H2,1-2H3,(H,12,13,14). The van der Waals surface area contributed by atoms with Gasteiger partial charge in [-0.05, 0) is 6.92 Å². The molecule has 1 aliphatic heterocycles. The fourth-order valence-corrected chi connectivity index (χ4v) is 4.22. The number of aromatic nitrogens is 2. The lowest BCUT2D eigenvalue weighted by molar-refractivity contribution is 0.396. The van der Waals surface area contributed by atoms with Gasteiger partial charge in [0.1, 0.15) is 11.6 Å². The minimum atomic E-state index is 0.616. The molecule has 17 heavy (non-hydrogen) atoms. The number of hydrogen-bond acceptors (Lipinski definition) is 6. The van der Waals surface area contributed by atoms with Gasteiger partial charge in [0.2, 0.25) is 5.88 Å². The molecular weight excluding hydrogens is 254 g/mol. The first-order valence-electron chi connectivity index (χ1n) is 5.61. The Bertz CT molecular complexity index is 370. The van der Waals surface area contributed by atoms with Gasteiger partial charge in [0.05, 0.1) is 7.11 Å². The molecule has 1 fully saturated rings. The highest BCUT2D eigenvalue weighted by Gasteiger charge is 2.14. The van der Waals surface area contributed by atoms with Crippen LogP contribution >= 0.6 is 23.5 Å². The molecule has 1 saturated heterocycles. The molecule has 1 N–H and O–H groups in total. The van der Waals surface area contributed by atoms with Gasteiger partial charge in [-0.1, -0.05) is 0 Å². The van der Waals surface area contributed by atoms with Crippen molar-refractivity contribution >= 4 is 29.3 Å². The van der Waals surface area contributed by atoms with Gasteiger partial charge < -0.3 is 10.1 Å². The number of nitrogens with one attached hydrogen (secondary N) is 1. The SMILES string of the molecule is COc1cc(NCC2CSCCS2)nc(C)n1. The van der Waals surface area contributed by atoms with E-state index in [2.05, 4.69) is 15.3 Å². The lowest BCUT2D eigenvalue weighted by Crippen LogP contribution is -2.23. The van der Waals surface area contributed by atoms with Crippen LogP contribution < -0.4 is 10.1 Å². The average Bonchev–Trinajstić information content (AvgIpc) is 2.37. The van der Waals surface area contributed by atoms with Crippen LogP contribution in [0, 0.1) is 6.92 Å². The smallest absolute Gasteiger partial charge is 0.218 e. The third kappa shape index (κ3) is 3.96. The molecule has 2 heterocycles. The summed E-state index contributed by atoms with van der Waals surface area (Å²) in [5.41, 5.74) is 0. The zero-order valence-electron chi connectivity index (χ0n) is 10.1. The monoisotopic (exact) mass is 271 g/mol. The second-order valence-corrected chi connectivity index (χ2v) is 6.35. The number of nitrogens with zero attached hydrogens (tertiary/aromatic N) is 2. The van der Waals surface area contributed by atoms with E-state index in [0.717, 1.165) is 18.2 Å². The van der Waals surface area contributed by atoms with Gasteiger partial charge in [-0.2, -0.15) is 28.5 Å². The lowest BCUT2D eigenvalue weighted by Gasteiger charge is -2.21. The van der Waals surface area contributed by atoms with E-state index in [1.807, 2.05) is 36.5 Å². The summed E-state index contributed by atoms with van der Waals surface area (Å²) >= 11 is 4.07. The van der Waals surface area contributed by atoms with Crippen molar-refractivity contribution in [2.45, 2.75) is 12.2 Å². The van der Waals surface area contributed by atoms with Gasteiger partial charge >= 0.3 is 0 Å². The van der Waals surface area contributed by atoms with Crippen molar-refractivity contribution in [2.24, 2.45) is 0 Å². The molecule has 0 radical (unpaired) electrons. The van der Waals surface area contributed by atoms with Crippen LogP contribution in [0.2, 0.25) is 0 Å². The summed E-state index contributed by atoms with van der Waals surface area (Å²) in [7, 11) is 1.62. The van der Waals surface area contributed by atoms with Crippen LogP contribution in [0.15, 0.2) is 6.07 Å². The molecule has 1 aliphatic rings. The summed E-state index contributed by atoms with van der Waals surface area (Å²) in [5.74, 6) is 5.96. The zero-order chi connectivity index (χ0) is 12.1. The molecule has 1 aromatic rings. The Hall–Kier alpha value is -0.620. The lowest BCUT2D eigenvalue weighted by atomic mass is 10.4. The molecule has 0 amide bonds. The van der Waals surface area contributed by atoms with Crippen molar-refractivity contribution in [1.29, 1.82) is 0 Å². The first-order chi connectivity index (χ1) is 8.28. The summed E-state index contributed by atoms with van der Waals surface area (Å²) in [6, 6.07) is 1.84. The maximum Gasteiger partial charge on any atom is 0.218 e. The predicted octanol–water partition coefficient (Wildman–Crippen LogP) is 2.05. The molecule has 0 aliphatic carbocycles. The topological polar surface area (TPSA) is 47.0 Å². The summed E-state index contributed by atoms with van der Waals surface area (Å²) < 4.78 is 5.13. The van der Waals surface area contributed by atoms with Crippen molar-refractivity contribution in [2.75, 3.05) is 36.2 Å². The molecular formula is C11H17N3OS2. The van der Waals surface area contributed by atoms with Crippen LogP contribution in [0.4, 0.5) is 5.82 Å². The van der Waals surface area contributed by atoms with E-state index in [4.69, 9.17) is 4.74 Å². The fraction of sp³-hybridized carbons (Fsp3) is 0.636. The Kier molecular flexibility index (Phi) is 4.79. The largest absolute Gasteiger partial charge is 0.481 e. The molecule has 1 unspecified atom stereocenters. The van der Waals surface area contributed by atoms with Crippen LogP contribution in [0.5, 0.6) is 5.88 Å².